The van der Waals surface area contributed by atoms with E-state index in [1.54, 1.807) is 0 Å². The zero-order valence-corrected chi connectivity index (χ0v) is 6.50. The smallest absolute Gasteiger partial charge is 0.152 e. The Kier molecular flexibility index (Phi) is 1.84. The van der Waals surface area contributed by atoms with Crippen LogP contribution in [0.25, 0.3) is 0 Å². The lowest BCUT2D eigenvalue weighted by molar-refractivity contribution is 0.601. The molecule has 0 spiro atoms. The molecule has 1 rings (SSSR count). The highest BCUT2D eigenvalue weighted by Gasteiger charge is 2.37. The van der Waals surface area contributed by atoms with E-state index in [0.717, 1.165) is 0 Å². The molecule has 1 saturated heterocycles. The van der Waals surface area contributed by atoms with Crippen molar-refractivity contribution in [3.05, 3.63) is 0 Å². The fraction of sp³-hybridized carbons (Fsp3) is 0.667. The van der Waals surface area contributed by atoms with Gasteiger partial charge in [-0.2, -0.15) is 10.5 Å². The van der Waals surface area contributed by atoms with Gasteiger partial charge in [0, 0.05) is 0 Å². The van der Waals surface area contributed by atoms with Gasteiger partial charge in [-0.3, -0.25) is 0 Å². The van der Waals surface area contributed by atoms with E-state index in [-0.39, 0.29) is 11.5 Å². The Morgan fingerprint density at radius 1 is 1.09 bits per heavy atom. The van der Waals surface area contributed by atoms with Gasteiger partial charge >= 0.3 is 0 Å². The van der Waals surface area contributed by atoms with Crippen LogP contribution in [0.1, 0.15) is 0 Å². The second-order valence-electron chi connectivity index (χ2n) is 2.55. The molecule has 2 atom stereocenters. The van der Waals surface area contributed by atoms with Gasteiger partial charge in [-0.15, -0.1) is 0 Å². The summed E-state index contributed by atoms with van der Waals surface area (Å²) in [5.74, 6) is -1.54. The summed E-state index contributed by atoms with van der Waals surface area (Å²) in [7, 11) is -3.11. The Hall–Kier alpha value is -1.07. The molecule has 2 unspecified atom stereocenters. The quantitative estimate of drug-likeness (QED) is 0.499. The Morgan fingerprint density at radius 2 is 1.45 bits per heavy atom. The van der Waals surface area contributed by atoms with E-state index in [1.165, 1.54) is 0 Å². The van der Waals surface area contributed by atoms with Crippen molar-refractivity contribution in [1.82, 2.24) is 0 Å². The highest BCUT2D eigenvalue weighted by atomic mass is 32.2. The van der Waals surface area contributed by atoms with E-state index >= 15 is 0 Å². The van der Waals surface area contributed by atoms with Gasteiger partial charge in [-0.1, -0.05) is 0 Å². The number of rotatable bonds is 0. The van der Waals surface area contributed by atoms with Gasteiger partial charge in [0.2, 0.25) is 0 Å². The highest BCUT2D eigenvalue weighted by molar-refractivity contribution is 7.91. The second-order valence-corrected chi connectivity index (χ2v) is 4.70. The zero-order chi connectivity index (χ0) is 8.48. The molecule has 4 nitrogen and oxygen atoms in total. The third-order valence-electron chi connectivity index (χ3n) is 1.68. The van der Waals surface area contributed by atoms with Crippen LogP contribution in [0.5, 0.6) is 0 Å². The van der Waals surface area contributed by atoms with Crippen molar-refractivity contribution in [2.45, 2.75) is 0 Å². The van der Waals surface area contributed by atoms with Crippen molar-refractivity contribution in [3.63, 3.8) is 0 Å². The molecule has 0 amide bonds. The standard InChI is InChI=1S/C6H6N2O2S/c7-1-5-3-11(9,10)4-6(5)2-8/h5-6H,3-4H2. The number of sulfone groups is 1. The van der Waals surface area contributed by atoms with Crippen LogP contribution < -0.4 is 0 Å². The summed E-state index contributed by atoms with van der Waals surface area (Å²) in [4.78, 5) is 0. The summed E-state index contributed by atoms with van der Waals surface area (Å²) >= 11 is 0. The molecular weight excluding hydrogens is 164 g/mol. The van der Waals surface area contributed by atoms with Crippen molar-refractivity contribution < 1.29 is 8.42 Å². The molecule has 0 radical (unpaired) electrons. The largest absolute Gasteiger partial charge is 0.229 e. The molecule has 0 aromatic rings. The first-order valence-corrected chi connectivity index (χ1v) is 4.91. The molecule has 0 aromatic heterocycles. The van der Waals surface area contributed by atoms with Gasteiger partial charge in [-0.05, 0) is 0 Å². The maximum absolute atomic E-state index is 10.9. The maximum atomic E-state index is 10.9. The molecule has 0 aliphatic carbocycles. The summed E-state index contributed by atoms with van der Waals surface area (Å²) < 4.78 is 21.7. The number of nitrogens with zero attached hydrogens (tertiary/aromatic N) is 2. The molecule has 0 N–H and O–H groups in total. The molecule has 1 heterocycles. The van der Waals surface area contributed by atoms with E-state index in [2.05, 4.69) is 0 Å². The van der Waals surface area contributed by atoms with E-state index in [9.17, 15) is 8.42 Å². The van der Waals surface area contributed by atoms with Gasteiger partial charge < -0.3 is 0 Å². The summed E-state index contributed by atoms with van der Waals surface area (Å²) in [5.41, 5.74) is 0. The zero-order valence-electron chi connectivity index (χ0n) is 5.69. The summed E-state index contributed by atoms with van der Waals surface area (Å²) in [6, 6.07) is 3.64. The van der Waals surface area contributed by atoms with Crippen LogP contribution in [-0.2, 0) is 9.84 Å². The Labute approximate surface area is 65.0 Å². The topological polar surface area (TPSA) is 81.7 Å². The van der Waals surface area contributed by atoms with Gasteiger partial charge in [-0.25, -0.2) is 8.42 Å². The Balaban J connectivity index is 2.91. The van der Waals surface area contributed by atoms with Crippen molar-refractivity contribution in [1.29, 1.82) is 10.5 Å². The predicted octanol–water partition coefficient (Wildman–Crippen LogP) is -0.306. The van der Waals surface area contributed by atoms with Crippen LogP contribution in [0.4, 0.5) is 0 Å². The first-order chi connectivity index (χ1) is 5.09. The molecule has 0 aromatic carbocycles. The van der Waals surface area contributed by atoms with Crippen LogP contribution in [-0.4, -0.2) is 19.9 Å². The minimum absolute atomic E-state index is 0.151. The second kappa shape index (κ2) is 2.52. The van der Waals surface area contributed by atoms with E-state index < -0.39 is 21.7 Å². The Bertz CT molecular complexity index is 305. The first-order valence-electron chi connectivity index (χ1n) is 3.09. The van der Waals surface area contributed by atoms with Crippen molar-refractivity contribution in [2.75, 3.05) is 11.5 Å². The first kappa shape index (κ1) is 8.03. The molecular formula is C6H6N2O2S. The third kappa shape index (κ3) is 1.50. The summed E-state index contributed by atoms with van der Waals surface area (Å²) in [6.07, 6.45) is 0. The van der Waals surface area contributed by atoms with Gasteiger partial charge in [0.05, 0.1) is 35.5 Å². The normalized spacial score (nSPS) is 34.0. The van der Waals surface area contributed by atoms with Crippen molar-refractivity contribution in [3.8, 4) is 12.1 Å². The SMILES string of the molecule is N#CC1CS(=O)(=O)CC1C#N. The van der Waals surface area contributed by atoms with E-state index in [4.69, 9.17) is 10.5 Å². The number of hydrogen-bond donors (Lipinski definition) is 0. The van der Waals surface area contributed by atoms with Crippen LogP contribution in [0.2, 0.25) is 0 Å². The molecule has 1 aliphatic rings. The average molecular weight is 170 g/mol. The molecule has 1 fully saturated rings. The highest BCUT2D eigenvalue weighted by Crippen LogP contribution is 2.23. The van der Waals surface area contributed by atoms with Crippen LogP contribution in [0.15, 0.2) is 0 Å². The minimum atomic E-state index is -3.11. The minimum Gasteiger partial charge on any atom is -0.229 e. The lowest BCUT2D eigenvalue weighted by Crippen LogP contribution is -2.06. The molecule has 0 saturated carbocycles. The molecule has 11 heavy (non-hydrogen) atoms. The molecule has 1 aliphatic heterocycles. The predicted molar refractivity (Wildman–Crippen MR) is 36.9 cm³/mol. The number of hydrogen-bond acceptors (Lipinski definition) is 4. The van der Waals surface area contributed by atoms with Crippen molar-refractivity contribution in [2.24, 2.45) is 11.8 Å². The monoisotopic (exact) mass is 170 g/mol. The third-order valence-corrected chi connectivity index (χ3v) is 3.42. The fourth-order valence-electron chi connectivity index (χ4n) is 1.10. The lowest BCUT2D eigenvalue weighted by atomic mass is 10.00. The van der Waals surface area contributed by atoms with E-state index in [0.29, 0.717) is 0 Å². The van der Waals surface area contributed by atoms with E-state index in [1.807, 2.05) is 12.1 Å². The summed E-state index contributed by atoms with van der Waals surface area (Å²) in [6.45, 7) is 0. The molecule has 5 heteroatoms. The van der Waals surface area contributed by atoms with Crippen LogP contribution in [0, 0.1) is 34.5 Å². The molecule has 0 bridgehead atoms. The molecule has 58 valence electrons. The van der Waals surface area contributed by atoms with Crippen molar-refractivity contribution >= 4 is 9.84 Å². The fourth-order valence-corrected chi connectivity index (χ4v) is 2.95. The lowest BCUT2D eigenvalue weighted by Gasteiger charge is -1.96. The van der Waals surface area contributed by atoms with Crippen LogP contribution >= 0.6 is 0 Å². The van der Waals surface area contributed by atoms with Gasteiger partial charge in [0.15, 0.2) is 9.84 Å². The Morgan fingerprint density at radius 3 is 1.73 bits per heavy atom. The van der Waals surface area contributed by atoms with Crippen LogP contribution in [0.3, 0.4) is 0 Å². The van der Waals surface area contributed by atoms with Gasteiger partial charge in [0.1, 0.15) is 0 Å². The van der Waals surface area contributed by atoms with Gasteiger partial charge in [0.25, 0.3) is 0 Å². The maximum Gasteiger partial charge on any atom is 0.152 e. The summed E-state index contributed by atoms with van der Waals surface area (Å²) in [5, 5.41) is 16.9. The average Bonchev–Trinajstić information content (AvgIpc) is 2.25. The number of nitriles is 2.